The number of fused-ring (bicyclic) bond motifs is 8. The highest BCUT2D eigenvalue weighted by Crippen LogP contribution is 2.50. The smallest absolute Gasteiger partial charge is 0.115 e. The molecule has 54 heavy (non-hydrogen) atoms. The molecule has 3 aliphatic rings. The van der Waals surface area contributed by atoms with Crippen LogP contribution in [0.1, 0.15) is 67.7 Å². The van der Waals surface area contributed by atoms with Crippen LogP contribution in [-0.2, 0) is 0 Å². The van der Waals surface area contributed by atoms with Crippen molar-refractivity contribution in [2.24, 2.45) is 9.98 Å². The molecule has 4 heteroatoms. The molecule has 252 valence electrons. The number of aromatic nitrogens is 2. The molecule has 3 heterocycles. The van der Waals surface area contributed by atoms with Crippen molar-refractivity contribution in [3.05, 3.63) is 238 Å². The van der Waals surface area contributed by atoms with Gasteiger partial charge < -0.3 is 0 Å². The summed E-state index contributed by atoms with van der Waals surface area (Å²) in [5.41, 5.74) is 19.3. The molecule has 2 aliphatic carbocycles. The lowest BCUT2D eigenvalue weighted by molar-refractivity contribution is 1.01. The minimum atomic E-state index is 0.176. The van der Waals surface area contributed by atoms with Crippen molar-refractivity contribution in [3.8, 4) is 22.3 Å². The molecule has 1 aliphatic heterocycles. The lowest BCUT2D eigenvalue weighted by Gasteiger charge is -2.18. The summed E-state index contributed by atoms with van der Waals surface area (Å²) in [5, 5.41) is 0. The number of nitrogens with zero attached hydrogens (tertiary/aromatic N) is 4. The summed E-state index contributed by atoms with van der Waals surface area (Å²) in [6.07, 6.45) is 3.67. The number of hydrogen-bond acceptors (Lipinski definition) is 4. The Morgan fingerprint density at radius 2 is 0.741 bits per heavy atom. The van der Waals surface area contributed by atoms with Crippen LogP contribution >= 0.6 is 0 Å². The largest absolute Gasteiger partial charge is 0.252 e. The average molecular weight is 689 g/mol. The Morgan fingerprint density at radius 3 is 1.20 bits per heavy atom. The molecular formula is C50H32N4. The number of pyridine rings is 2. The third-order valence-electron chi connectivity index (χ3n) is 11.2. The van der Waals surface area contributed by atoms with Gasteiger partial charge in [-0.25, -0.2) is 9.98 Å². The molecule has 0 bridgehead atoms. The van der Waals surface area contributed by atoms with Crippen molar-refractivity contribution in [2.75, 3.05) is 0 Å². The van der Waals surface area contributed by atoms with Crippen molar-refractivity contribution in [1.82, 2.24) is 9.97 Å². The second-order valence-electron chi connectivity index (χ2n) is 14.1. The van der Waals surface area contributed by atoms with Gasteiger partial charge in [0, 0.05) is 35.4 Å². The molecule has 8 aromatic rings. The maximum absolute atomic E-state index is 5.42. The van der Waals surface area contributed by atoms with Crippen LogP contribution in [0.15, 0.2) is 192 Å². The summed E-state index contributed by atoms with van der Waals surface area (Å²) < 4.78 is 0. The third kappa shape index (κ3) is 4.77. The Morgan fingerprint density at radius 1 is 0.333 bits per heavy atom. The first-order chi connectivity index (χ1) is 26.8. The quantitative estimate of drug-likeness (QED) is 0.185. The molecule has 2 atom stereocenters. The lowest BCUT2D eigenvalue weighted by Crippen LogP contribution is -2.13. The fraction of sp³-hybridized carbons (Fsp3) is 0.0400. The predicted octanol–water partition coefficient (Wildman–Crippen LogP) is 11.4. The number of hydrogen-bond donors (Lipinski definition) is 0. The number of aliphatic imine (C=N–C) groups is 2. The van der Waals surface area contributed by atoms with E-state index in [0.717, 1.165) is 45.3 Å². The van der Waals surface area contributed by atoms with Gasteiger partial charge in [-0.1, -0.05) is 133 Å². The average Bonchev–Trinajstić information content (AvgIpc) is 3.74. The van der Waals surface area contributed by atoms with Crippen molar-refractivity contribution in [2.45, 2.75) is 11.8 Å². The van der Waals surface area contributed by atoms with Crippen LogP contribution in [-0.4, -0.2) is 21.4 Å². The summed E-state index contributed by atoms with van der Waals surface area (Å²) in [6.45, 7) is 0. The number of benzene rings is 6. The topological polar surface area (TPSA) is 50.5 Å². The van der Waals surface area contributed by atoms with Crippen molar-refractivity contribution < 1.29 is 0 Å². The SMILES string of the molecule is c1ccc(C2c3ccccc3-c3cc(/C4=N/c5cccnc5/C(c5ccc6c(c5)-c5ccccc5C6c5ccccc5)=N\c5cccnc54)ccc32)cc1. The van der Waals surface area contributed by atoms with E-state index < -0.39 is 0 Å². The molecular weight excluding hydrogens is 657 g/mol. The van der Waals surface area contributed by atoms with E-state index in [0.29, 0.717) is 0 Å². The van der Waals surface area contributed by atoms with Gasteiger partial charge in [0.2, 0.25) is 0 Å². The Balaban J connectivity index is 1.06. The van der Waals surface area contributed by atoms with Crippen molar-refractivity contribution >= 4 is 22.8 Å². The standard InChI is InChI=1S/C50H32N4/c1-3-13-31(14-4-1)45-37-19-9-7-17-35(37)41-29-33(23-25-39(41)45)47-49-43(21-11-27-51-49)54-48(50-44(53-47)22-12-28-52-50)34-24-26-40-42(30-34)36-18-8-10-20-38(36)46(40)32-15-5-2-6-16-32/h1-30,45-46H/b49-47?,50-48?,53-44?,53-47-,54-43?,54-48-. The summed E-state index contributed by atoms with van der Waals surface area (Å²) in [7, 11) is 0. The molecule has 0 fully saturated rings. The normalized spacial score (nSPS) is 17.9. The summed E-state index contributed by atoms with van der Waals surface area (Å²) in [6, 6.07) is 60.6. The van der Waals surface area contributed by atoms with Crippen LogP contribution in [0, 0.1) is 0 Å². The zero-order valence-electron chi connectivity index (χ0n) is 29.3. The van der Waals surface area contributed by atoms with E-state index in [1.165, 1.54) is 55.6 Å². The molecule has 0 saturated heterocycles. The Hall–Kier alpha value is -7.04. The van der Waals surface area contributed by atoms with E-state index in [9.17, 15) is 0 Å². The first-order valence-electron chi connectivity index (χ1n) is 18.5. The van der Waals surface area contributed by atoms with Crippen LogP contribution in [0.25, 0.3) is 22.3 Å². The summed E-state index contributed by atoms with van der Waals surface area (Å²) >= 11 is 0. The summed E-state index contributed by atoms with van der Waals surface area (Å²) in [4.78, 5) is 20.7. The lowest BCUT2D eigenvalue weighted by atomic mass is 9.88. The fourth-order valence-corrected chi connectivity index (χ4v) is 8.80. The van der Waals surface area contributed by atoms with Gasteiger partial charge in [-0.2, -0.15) is 0 Å². The maximum Gasteiger partial charge on any atom is 0.115 e. The molecule has 11 rings (SSSR count). The highest BCUT2D eigenvalue weighted by atomic mass is 14.9. The van der Waals surface area contributed by atoms with Crippen LogP contribution in [0.3, 0.4) is 0 Å². The van der Waals surface area contributed by atoms with Gasteiger partial charge in [-0.05, 0) is 92.0 Å². The van der Waals surface area contributed by atoms with Gasteiger partial charge >= 0.3 is 0 Å². The number of rotatable bonds is 4. The van der Waals surface area contributed by atoms with Gasteiger partial charge in [0.15, 0.2) is 0 Å². The Kier molecular flexibility index (Phi) is 6.96. The van der Waals surface area contributed by atoms with E-state index >= 15 is 0 Å². The van der Waals surface area contributed by atoms with Gasteiger partial charge in [-0.3, -0.25) is 9.97 Å². The van der Waals surface area contributed by atoms with Gasteiger partial charge in [0.05, 0.1) is 22.8 Å². The molecule has 0 amide bonds. The minimum Gasteiger partial charge on any atom is -0.252 e. The molecule has 2 aromatic heterocycles. The first-order valence-corrected chi connectivity index (χ1v) is 18.5. The third-order valence-corrected chi connectivity index (χ3v) is 11.2. The van der Waals surface area contributed by atoms with E-state index in [1.54, 1.807) is 0 Å². The van der Waals surface area contributed by atoms with Crippen LogP contribution in [0.2, 0.25) is 0 Å². The van der Waals surface area contributed by atoms with Crippen molar-refractivity contribution in [1.29, 1.82) is 0 Å². The molecule has 2 unspecified atom stereocenters. The first kappa shape index (κ1) is 30.6. The molecule has 0 radical (unpaired) electrons. The monoisotopic (exact) mass is 688 g/mol. The maximum atomic E-state index is 5.42. The van der Waals surface area contributed by atoms with E-state index in [2.05, 4.69) is 146 Å². The highest BCUT2D eigenvalue weighted by molar-refractivity contribution is 6.21. The van der Waals surface area contributed by atoms with Crippen molar-refractivity contribution in [3.63, 3.8) is 0 Å². The molecule has 0 saturated carbocycles. The Bertz CT molecular complexity index is 2640. The van der Waals surface area contributed by atoms with Crippen LogP contribution in [0.4, 0.5) is 11.4 Å². The second-order valence-corrected chi connectivity index (χ2v) is 14.1. The molecule has 4 nitrogen and oxygen atoms in total. The second kappa shape index (κ2) is 12.3. The Labute approximate surface area is 314 Å². The predicted molar refractivity (Wildman–Crippen MR) is 218 cm³/mol. The highest BCUT2D eigenvalue weighted by Gasteiger charge is 2.33. The molecule has 6 aromatic carbocycles. The van der Waals surface area contributed by atoms with Crippen LogP contribution < -0.4 is 0 Å². The zero-order valence-corrected chi connectivity index (χ0v) is 29.3. The van der Waals surface area contributed by atoms with Gasteiger partial charge in [0.25, 0.3) is 0 Å². The zero-order chi connectivity index (χ0) is 35.6. The summed E-state index contributed by atoms with van der Waals surface area (Å²) in [5.74, 6) is 0.353. The van der Waals surface area contributed by atoms with Gasteiger partial charge in [-0.15, -0.1) is 0 Å². The van der Waals surface area contributed by atoms with E-state index in [4.69, 9.17) is 20.0 Å². The fourth-order valence-electron chi connectivity index (χ4n) is 8.80. The van der Waals surface area contributed by atoms with E-state index in [1.807, 2.05) is 36.7 Å². The molecule has 0 spiro atoms. The molecule has 0 N–H and O–H groups in total. The van der Waals surface area contributed by atoms with E-state index in [-0.39, 0.29) is 11.8 Å². The van der Waals surface area contributed by atoms with Crippen LogP contribution in [0.5, 0.6) is 0 Å². The minimum absolute atomic E-state index is 0.176. The van der Waals surface area contributed by atoms with Gasteiger partial charge in [0.1, 0.15) is 11.4 Å².